The summed E-state index contributed by atoms with van der Waals surface area (Å²) in [6.07, 6.45) is 2.94. The van der Waals surface area contributed by atoms with Gasteiger partial charge >= 0.3 is 0 Å². The Morgan fingerprint density at radius 1 is 1.30 bits per heavy atom. The average molecular weight is 270 g/mol. The van der Waals surface area contributed by atoms with Crippen LogP contribution in [0.15, 0.2) is 42.7 Å². The first-order valence-electron chi connectivity index (χ1n) is 6.62. The van der Waals surface area contributed by atoms with E-state index in [0.29, 0.717) is 5.56 Å². The van der Waals surface area contributed by atoms with Crippen molar-refractivity contribution in [2.24, 2.45) is 0 Å². The van der Waals surface area contributed by atoms with Crippen LogP contribution >= 0.6 is 0 Å². The maximum Gasteiger partial charge on any atom is 0.257 e. The molecule has 0 aliphatic carbocycles. The van der Waals surface area contributed by atoms with Gasteiger partial charge in [-0.2, -0.15) is 10.2 Å². The number of hydrogen-bond acceptors (Lipinski definition) is 4. The fourth-order valence-electron chi connectivity index (χ4n) is 1.94. The maximum absolute atomic E-state index is 12.0. The zero-order valence-corrected chi connectivity index (χ0v) is 11.6. The molecule has 5 nitrogen and oxygen atoms in total. The van der Waals surface area contributed by atoms with E-state index in [9.17, 15) is 4.79 Å². The fraction of sp³-hybridized carbons (Fsp3) is 0.267. The first-order valence-corrected chi connectivity index (χ1v) is 6.62. The monoisotopic (exact) mass is 270 g/mol. The van der Waals surface area contributed by atoms with Crippen LogP contribution in [0.5, 0.6) is 0 Å². The van der Waals surface area contributed by atoms with E-state index in [2.05, 4.69) is 34.7 Å². The lowest BCUT2D eigenvalue weighted by Gasteiger charge is -2.14. The molecule has 0 aliphatic heterocycles. The number of carbonyl (C=O) groups excluding carboxylic acids is 1. The minimum absolute atomic E-state index is 0.187. The summed E-state index contributed by atoms with van der Waals surface area (Å²) in [6.45, 7) is 5.07. The lowest BCUT2D eigenvalue weighted by atomic mass is 10.1. The van der Waals surface area contributed by atoms with Crippen molar-refractivity contribution in [3.63, 3.8) is 0 Å². The van der Waals surface area contributed by atoms with E-state index < -0.39 is 0 Å². The van der Waals surface area contributed by atoms with Crippen LogP contribution in [0.25, 0.3) is 0 Å². The number of benzene rings is 1. The summed E-state index contributed by atoms with van der Waals surface area (Å²) in [7, 11) is 0. The van der Waals surface area contributed by atoms with Gasteiger partial charge in [-0.05, 0) is 37.2 Å². The van der Waals surface area contributed by atoms with E-state index in [1.807, 2.05) is 24.3 Å². The Balaban J connectivity index is 2.10. The van der Waals surface area contributed by atoms with Crippen molar-refractivity contribution in [2.45, 2.75) is 19.9 Å². The highest BCUT2D eigenvalue weighted by molar-refractivity contribution is 6.03. The molecule has 2 N–H and O–H groups in total. The highest BCUT2D eigenvalue weighted by atomic mass is 16.1. The highest BCUT2D eigenvalue weighted by Crippen LogP contribution is 2.17. The van der Waals surface area contributed by atoms with Gasteiger partial charge in [0.1, 0.15) is 0 Å². The Morgan fingerprint density at radius 3 is 2.85 bits per heavy atom. The summed E-state index contributed by atoms with van der Waals surface area (Å²) in [6, 6.07) is 9.70. The van der Waals surface area contributed by atoms with E-state index in [0.717, 1.165) is 17.8 Å². The molecule has 2 aromatic rings. The Labute approximate surface area is 118 Å². The predicted molar refractivity (Wildman–Crippen MR) is 78.5 cm³/mol. The molecule has 0 saturated heterocycles. The molecule has 0 fully saturated rings. The van der Waals surface area contributed by atoms with E-state index in [1.54, 1.807) is 6.07 Å². The Kier molecular flexibility index (Phi) is 4.79. The third kappa shape index (κ3) is 3.61. The zero-order valence-electron chi connectivity index (χ0n) is 11.6. The average Bonchev–Trinajstić information content (AvgIpc) is 2.48. The molecular formula is C15H18N4O. The molecule has 0 bridgehead atoms. The first kappa shape index (κ1) is 14.1. The lowest BCUT2D eigenvalue weighted by Crippen LogP contribution is -2.18. The number of nitrogens with one attached hydrogen (secondary N) is 2. The van der Waals surface area contributed by atoms with Gasteiger partial charge in [0.25, 0.3) is 5.91 Å². The minimum Gasteiger partial charge on any atom is -0.322 e. The summed E-state index contributed by atoms with van der Waals surface area (Å²) in [5.41, 5.74) is 2.40. The molecule has 1 atom stereocenters. The normalized spacial score (nSPS) is 11.9. The van der Waals surface area contributed by atoms with Crippen LogP contribution in [0.4, 0.5) is 5.69 Å². The van der Waals surface area contributed by atoms with Gasteiger partial charge < -0.3 is 10.6 Å². The van der Waals surface area contributed by atoms with Crippen LogP contribution < -0.4 is 10.6 Å². The standard InChI is InChI=1S/C15H18N4O/c1-3-16-11(2)12-5-4-6-14(9-12)19-15(20)13-7-8-17-18-10-13/h4-11,16H,3H2,1-2H3,(H,19,20). The number of rotatable bonds is 5. The predicted octanol–water partition coefficient (Wildman–Crippen LogP) is 2.40. The molecule has 104 valence electrons. The quantitative estimate of drug-likeness (QED) is 0.875. The Bertz CT molecular complexity index is 571. The van der Waals surface area contributed by atoms with Crippen molar-refractivity contribution >= 4 is 11.6 Å². The molecule has 1 aromatic heterocycles. The van der Waals surface area contributed by atoms with Gasteiger partial charge in [0, 0.05) is 11.7 Å². The summed E-state index contributed by atoms with van der Waals surface area (Å²) >= 11 is 0. The number of hydrogen-bond donors (Lipinski definition) is 2. The van der Waals surface area contributed by atoms with E-state index in [-0.39, 0.29) is 11.9 Å². The molecule has 5 heteroatoms. The van der Waals surface area contributed by atoms with E-state index in [4.69, 9.17) is 0 Å². The van der Waals surface area contributed by atoms with Crippen molar-refractivity contribution in [2.75, 3.05) is 11.9 Å². The van der Waals surface area contributed by atoms with Gasteiger partial charge in [-0.1, -0.05) is 19.1 Å². The van der Waals surface area contributed by atoms with Gasteiger partial charge in [-0.15, -0.1) is 0 Å². The maximum atomic E-state index is 12.0. The molecule has 2 rings (SSSR count). The smallest absolute Gasteiger partial charge is 0.257 e. The zero-order chi connectivity index (χ0) is 14.4. The summed E-state index contributed by atoms with van der Waals surface area (Å²) in [5, 5.41) is 13.6. The molecule has 1 heterocycles. The topological polar surface area (TPSA) is 66.9 Å². The van der Waals surface area contributed by atoms with Gasteiger partial charge in [0.05, 0.1) is 18.0 Å². The molecule has 0 saturated carbocycles. The van der Waals surface area contributed by atoms with Crippen molar-refractivity contribution in [3.05, 3.63) is 53.9 Å². The molecule has 20 heavy (non-hydrogen) atoms. The van der Waals surface area contributed by atoms with Gasteiger partial charge in [0.2, 0.25) is 0 Å². The van der Waals surface area contributed by atoms with Crippen LogP contribution in [-0.2, 0) is 0 Å². The molecule has 1 unspecified atom stereocenters. The SMILES string of the molecule is CCNC(C)c1cccc(NC(=O)c2ccnnc2)c1. The largest absolute Gasteiger partial charge is 0.322 e. The Morgan fingerprint density at radius 2 is 2.15 bits per heavy atom. The van der Waals surface area contributed by atoms with Crippen LogP contribution in [0.2, 0.25) is 0 Å². The van der Waals surface area contributed by atoms with Crippen molar-refractivity contribution in [3.8, 4) is 0 Å². The van der Waals surface area contributed by atoms with Crippen LogP contribution in [-0.4, -0.2) is 22.6 Å². The van der Waals surface area contributed by atoms with Gasteiger partial charge in [-0.25, -0.2) is 0 Å². The summed E-state index contributed by atoms with van der Waals surface area (Å²) < 4.78 is 0. The van der Waals surface area contributed by atoms with Crippen LogP contribution in [0.3, 0.4) is 0 Å². The van der Waals surface area contributed by atoms with Crippen molar-refractivity contribution in [1.82, 2.24) is 15.5 Å². The molecular weight excluding hydrogens is 252 g/mol. The molecule has 0 spiro atoms. The third-order valence-electron chi connectivity index (χ3n) is 3.00. The number of anilines is 1. The minimum atomic E-state index is -0.187. The third-order valence-corrected chi connectivity index (χ3v) is 3.00. The number of nitrogens with zero attached hydrogens (tertiary/aromatic N) is 2. The van der Waals surface area contributed by atoms with Gasteiger partial charge in [0.15, 0.2) is 0 Å². The first-order chi connectivity index (χ1) is 9.70. The highest BCUT2D eigenvalue weighted by Gasteiger charge is 2.08. The number of aromatic nitrogens is 2. The number of amides is 1. The second kappa shape index (κ2) is 6.77. The molecule has 1 amide bonds. The van der Waals surface area contributed by atoms with Crippen molar-refractivity contribution < 1.29 is 4.79 Å². The second-order valence-corrected chi connectivity index (χ2v) is 4.49. The summed E-state index contributed by atoms with van der Waals surface area (Å²) in [5.74, 6) is -0.187. The lowest BCUT2D eigenvalue weighted by molar-refractivity contribution is 0.102. The Hall–Kier alpha value is -2.27. The van der Waals surface area contributed by atoms with Crippen LogP contribution in [0, 0.1) is 0 Å². The van der Waals surface area contributed by atoms with Crippen molar-refractivity contribution in [1.29, 1.82) is 0 Å². The van der Waals surface area contributed by atoms with Gasteiger partial charge in [-0.3, -0.25) is 4.79 Å². The van der Waals surface area contributed by atoms with Crippen LogP contribution in [0.1, 0.15) is 35.8 Å². The molecule has 0 radical (unpaired) electrons. The fourth-order valence-corrected chi connectivity index (χ4v) is 1.94. The molecule has 1 aromatic carbocycles. The molecule has 0 aliphatic rings. The summed E-state index contributed by atoms with van der Waals surface area (Å²) in [4.78, 5) is 12.0. The number of carbonyl (C=O) groups is 1. The second-order valence-electron chi connectivity index (χ2n) is 4.49. The van der Waals surface area contributed by atoms with E-state index >= 15 is 0 Å². The van der Waals surface area contributed by atoms with E-state index in [1.165, 1.54) is 12.4 Å².